The van der Waals surface area contributed by atoms with Crippen molar-refractivity contribution in [3.63, 3.8) is 0 Å². The number of aromatic nitrogens is 1. The highest BCUT2D eigenvalue weighted by Gasteiger charge is 2.15. The van der Waals surface area contributed by atoms with Crippen LogP contribution in [0, 0.1) is 6.92 Å². The third-order valence-electron chi connectivity index (χ3n) is 2.89. The Labute approximate surface area is 104 Å². The first-order valence-electron chi connectivity index (χ1n) is 5.79. The number of hydrogen-bond acceptors (Lipinski definition) is 5. The number of aryl methyl sites for hydroxylation is 1. The van der Waals surface area contributed by atoms with Crippen LogP contribution in [0.3, 0.4) is 0 Å². The standard InChI is InChI=1S/C11H17N3O2S/c1-8-10(11(15)16)17-9(13-8)2-5-14-6-3-12-4-7-14/h12H,2-7H2,1H3,(H,15,16). The molecule has 1 aromatic rings. The monoisotopic (exact) mass is 255 g/mol. The summed E-state index contributed by atoms with van der Waals surface area (Å²) in [6.45, 7) is 6.93. The van der Waals surface area contributed by atoms with E-state index in [0.717, 1.165) is 44.2 Å². The summed E-state index contributed by atoms with van der Waals surface area (Å²) in [7, 11) is 0. The molecular formula is C11H17N3O2S. The van der Waals surface area contributed by atoms with Crippen LogP contribution in [0.2, 0.25) is 0 Å². The van der Waals surface area contributed by atoms with Gasteiger partial charge in [-0.25, -0.2) is 9.78 Å². The molecule has 2 rings (SSSR count). The van der Waals surface area contributed by atoms with Crippen LogP contribution in [0.5, 0.6) is 0 Å². The largest absolute Gasteiger partial charge is 0.477 e. The van der Waals surface area contributed by atoms with E-state index in [1.54, 1.807) is 6.92 Å². The average Bonchev–Trinajstić information content (AvgIpc) is 2.69. The summed E-state index contributed by atoms with van der Waals surface area (Å²) in [4.78, 5) is 18.0. The number of hydrogen-bond donors (Lipinski definition) is 2. The van der Waals surface area contributed by atoms with Gasteiger partial charge in [0, 0.05) is 39.1 Å². The van der Waals surface area contributed by atoms with Crippen LogP contribution < -0.4 is 5.32 Å². The van der Waals surface area contributed by atoms with Crippen LogP contribution in [0.15, 0.2) is 0 Å². The minimum atomic E-state index is -0.867. The van der Waals surface area contributed by atoms with Crippen molar-refractivity contribution >= 4 is 17.3 Å². The first kappa shape index (κ1) is 12.5. The third-order valence-corrected chi connectivity index (χ3v) is 4.09. The van der Waals surface area contributed by atoms with Gasteiger partial charge in [-0.15, -0.1) is 11.3 Å². The molecule has 0 amide bonds. The van der Waals surface area contributed by atoms with E-state index in [2.05, 4.69) is 15.2 Å². The Balaban J connectivity index is 1.90. The second kappa shape index (κ2) is 5.57. The summed E-state index contributed by atoms with van der Waals surface area (Å²) < 4.78 is 0. The van der Waals surface area contributed by atoms with Crippen LogP contribution in [0.4, 0.5) is 0 Å². The molecule has 1 aromatic heterocycles. The first-order valence-corrected chi connectivity index (χ1v) is 6.61. The fourth-order valence-electron chi connectivity index (χ4n) is 1.95. The molecule has 1 aliphatic heterocycles. The lowest BCUT2D eigenvalue weighted by Crippen LogP contribution is -2.44. The summed E-state index contributed by atoms with van der Waals surface area (Å²) >= 11 is 1.30. The molecule has 0 spiro atoms. The van der Waals surface area contributed by atoms with Crippen LogP contribution in [0.25, 0.3) is 0 Å². The van der Waals surface area contributed by atoms with Crippen molar-refractivity contribution in [2.75, 3.05) is 32.7 Å². The number of carboxylic acid groups (broad SMARTS) is 1. The highest BCUT2D eigenvalue weighted by Crippen LogP contribution is 2.18. The van der Waals surface area contributed by atoms with Crippen LogP contribution in [-0.4, -0.2) is 53.7 Å². The first-order chi connectivity index (χ1) is 8.16. The smallest absolute Gasteiger partial charge is 0.347 e. The number of nitrogens with one attached hydrogen (secondary N) is 1. The molecule has 5 nitrogen and oxygen atoms in total. The minimum Gasteiger partial charge on any atom is -0.477 e. The van der Waals surface area contributed by atoms with Gasteiger partial charge in [-0.1, -0.05) is 0 Å². The van der Waals surface area contributed by atoms with Crippen molar-refractivity contribution in [3.8, 4) is 0 Å². The molecule has 0 aliphatic carbocycles. The van der Waals surface area contributed by atoms with E-state index in [1.807, 2.05) is 0 Å². The Morgan fingerprint density at radius 1 is 1.53 bits per heavy atom. The molecule has 2 heterocycles. The van der Waals surface area contributed by atoms with Gasteiger partial charge in [0.25, 0.3) is 0 Å². The molecule has 1 fully saturated rings. The van der Waals surface area contributed by atoms with Crippen molar-refractivity contribution in [2.24, 2.45) is 0 Å². The van der Waals surface area contributed by atoms with Gasteiger partial charge in [0.05, 0.1) is 10.7 Å². The van der Waals surface area contributed by atoms with Crippen LogP contribution >= 0.6 is 11.3 Å². The SMILES string of the molecule is Cc1nc(CCN2CCNCC2)sc1C(=O)O. The molecule has 0 aromatic carbocycles. The molecule has 6 heteroatoms. The zero-order valence-corrected chi connectivity index (χ0v) is 10.7. The summed E-state index contributed by atoms with van der Waals surface area (Å²) in [5, 5.41) is 13.2. The van der Waals surface area contributed by atoms with E-state index in [1.165, 1.54) is 11.3 Å². The predicted octanol–water partition coefficient (Wildman–Crippen LogP) is 0.597. The van der Waals surface area contributed by atoms with Crippen molar-refractivity contribution < 1.29 is 9.90 Å². The zero-order valence-electron chi connectivity index (χ0n) is 9.90. The molecule has 0 radical (unpaired) electrons. The topological polar surface area (TPSA) is 65.5 Å². The van der Waals surface area contributed by atoms with E-state index in [0.29, 0.717) is 10.6 Å². The molecule has 0 bridgehead atoms. The number of thiazole rings is 1. The van der Waals surface area contributed by atoms with E-state index in [-0.39, 0.29) is 0 Å². The van der Waals surface area contributed by atoms with Gasteiger partial charge < -0.3 is 15.3 Å². The number of carboxylic acids is 1. The third kappa shape index (κ3) is 3.24. The molecule has 17 heavy (non-hydrogen) atoms. The minimum absolute atomic E-state index is 0.375. The fourth-order valence-corrected chi connectivity index (χ4v) is 2.84. The number of aromatic carboxylic acids is 1. The number of carbonyl (C=O) groups is 1. The number of rotatable bonds is 4. The quantitative estimate of drug-likeness (QED) is 0.824. The maximum absolute atomic E-state index is 10.9. The van der Waals surface area contributed by atoms with E-state index < -0.39 is 5.97 Å². The van der Waals surface area contributed by atoms with Gasteiger partial charge in [0.1, 0.15) is 4.88 Å². The molecule has 1 aliphatic rings. The molecule has 0 atom stereocenters. The Hall–Kier alpha value is -0.980. The number of piperazine rings is 1. The van der Waals surface area contributed by atoms with E-state index in [9.17, 15) is 4.79 Å². The lowest BCUT2D eigenvalue weighted by Gasteiger charge is -2.26. The van der Waals surface area contributed by atoms with Gasteiger partial charge in [-0.05, 0) is 6.92 Å². The molecule has 0 unspecified atom stereocenters. The zero-order chi connectivity index (χ0) is 12.3. The van der Waals surface area contributed by atoms with Crippen molar-refractivity contribution in [1.29, 1.82) is 0 Å². The van der Waals surface area contributed by atoms with Gasteiger partial charge in [-0.2, -0.15) is 0 Å². The summed E-state index contributed by atoms with van der Waals surface area (Å²) in [5.74, 6) is -0.867. The molecule has 94 valence electrons. The molecule has 0 saturated carbocycles. The summed E-state index contributed by atoms with van der Waals surface area (Å²) in [5.41, 5.74) is 0.637. The van der Waals surface area contributed by atoms with E-state index in [4.69, 9.17) is 5.11 Å². The highest BCUT2D eigenvalue weighted by molar-refractivity contribution is 7.13. The van der Waals surface area contributed by atoms with Gasteiger partial charge in [-0.3, -0.25) is 0 Å². The maximum Gasteiger partial charge on any atom is 0.347 e. The van der Waals surface area contributed by atoms with Gasteiger partial charge in [0.2, 0.25) is 0 Å². The van der Waals surface area contributed by atoms with Gasteiger partial charge >= 0.3 is 5.97 Å². The molecule has 2 N–H and O–H groups in total. The Morgan fingerprint density at radius 2 is 2.24 bits per heavy atom. The Morgan fingerprint density at radius 3 is 2.82 bits per heavy atom. The molecule has 1 saturated heterocycles. The predicted molar refractivity (Wildman–Crippen MR) is 66.8 cm³/mol. The summed E-state index contributed by atoms with van der Waals surface area (Å²) in [6, 6.07) is 0. The maximum atomic E-state index is 10.9. The Bertz CT molecular complexity index is 399. The number of nitrogens with zero attached hydrogens (tertiary/aromatic N) is 2. The van der Waals surface area contributed by atoms with Crippen LogP contribution in [0.1, 0.15) is 20.4 Å². The van der Waals surface area contributed by atoms with E-state index >= 15 is 0 Å². The van der Waals surface area contributed by atoms with Crippen molar-refractivity contribution in [1.82, 2.24) is 15.2 Å². The lowest BCUT2D eigenvalue weighted by atomic mass is 10.3. The van der Waals surface area contributed by atoms with Crippen molar-refractivity contribution in [3.05, 3.63) is 15.6 Å². The molecular weight excluding hydrogens is 238 g/mol. The average molecular weight is 255 g/mol. The highest BCUT2D eigenvalue weighted by atomic mass is 32.1. The summed E-state index contributed by atoms with van der Waals surface area (Å²) in [6.07, 6.45) is 0.846. The normalized spacial score (nSPS) is 17.2. The fraction of sp³-hybridized carbons (Fsp3) is 0.636. The Kier molecular flexibility index (Phi) is 4.09. The lowest BCUT2D eigenvalue weighted by molar-refractivity contribution is 0.0701. The van der Waals surface area contributed by atoms with Crippen molar-refractivity contribution in [2.45, 2.75) is 13.3 Å². The van der Waals surface area contributed by atoms with Gasteiger partial charge in [0.15, 0.2) is 0 Å². The van der Waals surface area contributed by atoms with Crippen LogP contribution in [-0.2, 0) is 6.42 Å². The second-order valence-corrected chi connectivity index (χ2v) is 5.25. The second-order valence-electron chi connectivity index (χ2n) is 4.17.